The number of carboxylic acids is 1. The summed E-state index contributed by atoms with van der Waals surface area (Å²) in [7, 11) is -4.00. The second-order valence-electron chi connectivity index (χ2n) is 13.0. The molecule has 0 spiro atoms. The normalized spacial score (nSPS) is 26.1. The number of fused-ring (bicyclic) bond motifs is 2. The molecule has 3 heterocycles. The van der Waals surface area contributed by atoms with E-state index < -0.39 is 27.4 Å². The second kappa shape index (κ2) is 11.7. The van der Waals surface area contributed by atoms with Gasteiger partial charge in [0.2, 0.25) is 10.0 Å². The largest absolute Gasteiger partial charge is 0.490 e. The third-order valence-electron chi connectivity index (χ3n) is 10.2. The topological polar surface area (TPSA) is 96.4 Å². The first-order valence-corrected chi connectivity index (χ1v) is 17.5. The van der Waals surface area contributed by atoms with E-state index in [4.69, 9.17) is 9.47 Å². The molecule has 2 aliphatic carbocycles. The molecule has 0 aromatic heterocycles. The molecule has 3 aromatic carbocycles. The Morgan fingerprint density at radius 3 is 2.49 bits per heavy atom. The Kier molecular flexibility index (Phi) is 7.86. The second-order valence-corrected chi connectivity index (χ2v) is 14.9. The lowest BCUT2D eigenvalue weighted by Gasteiger charge is -2.38. The van der Waals surface area contributed by atoms with Gasteiger partial charge in [-0.25, -0.2) is 17.6 Å². The summed E-state index contributed by atoms with van der Waals surface area (Å²) in [5.74, 6) is -1.10. The van der Waals surface area contributed by atoms with Crippen molar-refractivity contribution in [2.45, 2.75) is 68.4 Å². The lowest BCUT2D eigenvalue weighted by Crippen LogP contribution is -2.48. The summed E-state index contributed by atoms with van der Waals surface area (Å²) in [6.45, 7) is 3.68. The predicted molar refractivity (Wildman–Crippen MR) is 169 cm³/mol. The number of sulfonamides is 1. The molecule has 0 unspecified atom stereocenters. The van der Waals surface area contributed by atoms with Crippen molar-refractivity contribution in [3.05, 3.63) is 72.0 Å². The van der Waals surface area contributed by atoms with Gasteiger partial charge in [-0.2, -0.15) is 4.31 Å². The van der Waals surface area contributed by atoms with Crippen molar-refractivity contribution in [3.8, 4) is 16.9 Å². The van der Waals surface area contributed by atoms with E-state index in [1.54, 1.807) is 16.4 Å². The number of hydrogen-bond donors (Lipinski definition) is 1. The van der Waals surface area contributed by atoms with Crippen LogP contribution in [0, 0.1) is 17.7 Å². The zero-order chi connectivity index (χ0) is 31.3. The number of carbonyl (C=O) groups is 1. The van der Waals surface area contributed by atoms with E-state index in [1.807, 2.05) is 37.3 Å². The Morgan fingerprint density at radius 2 is 1.82 bits per heavy atom. The summed E-state index contributed by atoms with van der Waals surface area (Å²) in [6.07, 6.45) is 7.10. The first-order valence-electron chi connectivity index (χ1n) is 16.0. The quantitative estimate of drug-likeness (QED) is 0.289. The van der Waals surface area contributed by atoms with Crippen LogP contribution >= 0.6 is 0 Å². The summed E-state index contributed by atoms with van der Waals surface area (Å²) >= 11 is 0. The zero-order valence-corrected chi connectivity index (χ0v) is 26.3. The molecule has 5 aliphatic rings. The van der Waals surface area contributed by atoms with Crippen LogP contribution in [-0.2, 0) is 14.8 Å². The molecular formula is C35H39FN2O6S. The van der Waals surface area contributed by atoms with Crippen LogP contribution in [0.15, 0.2) is 65.6 Å². The van der Waals surface area contributed by atoms with Gasteiger partial charge in [-0.1, -0.05) is 50.5 Å². The van der Waals surface area contributed by atoms with Crippen molar-refractivity contribution < 1.29 is 32.2 Å². The molecule has 3 aromatic rings. The van der Waals surface area contributed by atoms with E-state index in [2.05, 4.69) is 4.90 Å². The number of aromatic carboxylic acids is 1. The lowest BCUT2D eigenvalue weighted by atomic mass is 9.75. The van der Waals surface area contributed by atoms with Gasteiger partial charge in [-0.3, -0.25) is 0 Å². The predicted octanol–water partition coefficient (Wildman–Crippen LogP) is 6.86. The van der Waals surface area contributed by atoms with Gasteiger partial charge < -0.3 is 19.5 Å². The van der Waals surface area contributed by atoms with Crippen molar-refractivity contribution in [1.82, 2.24) is 4.31 Å². The maximum absolute atomic E-state index is 14.7. The first kappa shape index (κ1) is 30.2. The fourth-order valence-corrected chi connectivity index (χ4v) is 9.79. The van der Waals surface area contributed by atoms with Crippen LogP contribution in [0.1, 0.15) is 62.2 Å². The van der Waals surface area contributed by atoms with Gasteiger partial charge in [0.1, 0.15) is 28.7 Å². The van der Waals surface area contributed by atoms with Crippen molar-refractivity contribution in [2.24, 2.45) is 11.8 Å². The fraction of sp³-hybridized carbons (Fsp3) is 0.457. The van der Waals surface area contributed by atoms with E-state index >= 15 is 0 Å². The number of rotatable bonds is 8. The molecule has 8 nitrogen and oxygen atoms in total. The van der Waals surface area contributed by atoms with Crippen molar-refractivity contribution in [2.75, 3.05) is 31.2 Å². The molecule has 2 saturated carbocycles. The van der Waals surface area contributed by atoms with E-state index in [-0.39, 0.29) is 29.1 Å². The molecule has 0 amide bonds. The SMILES string of the molecule is CCN1[C@H](C2CCCCC2)CN(c2ccccc2)c2cc(OCC34CC(CO3)C4)c(-c3ccc(F)c(C(=O)O)c3)cc2S1(=O)=O. The summed E-state index contributed by atoms with van der Waals surface area (Å²) < 4.78 is 58.2. The number of ether oxygens (including phenoxy) is 2. The molecule has 238 valence electrons. The summed E-state index contributed by atoms with van der Waals surface area (Å²) in [4.78, 5) is 14.1. The number of anilines is 2. The summed E-state index contributed by atoms with van der Waals surface area (Å²) in [6, 6.07) is 16.8. The molecule has 45 heavy (non-hydrogen) atoms. The lowest BCUT2D eigenvalue weighted by molar-refractivity contribution is -0.0356. The molecule has 10 heteroatoms. The van der Waals surface area contributed by atoms with Gasteiger partial charge in [-0.05, 0) is 73.4 Å². The highest BCUT2D eigenvalue weighted by Crippen LogP contribution is 2.50. The number of hydrogen-bond acceptors (Lipinski definition) is 6. The molecule has 3 aliphatic heterocycles. The van der Waals surface area contributed by atoms with E-state index in [0.29, 0.717) is 48.2 Å². The van der Waals surface area contributed by atoms with Crippen LogP contribution in [0.5, 0.6) is 5.75 Å². The third kappa shape index (κ3) is 5.40. The minimum atomic E-state index is -4.00. The molecule has 1 N–H and O–H groups in total. The van der Waals surface area contributed by atoms with E-state index in [0.717, 1.165) is 56.7 Å². The average molecular weight is 635 g/mol. The van der Waals surface area contributed by atoms with Crippen molar-refractivity contribution in [1.29, 1.82) is 0 Å². The average Bonchev–Trinajstić information content (AvgIpc) is 3.62. The number of halogens is 1. The van der Waals surface area contributed by atoms with Gasteiger partial charge >= 0.3 is 5.97 Å². The van der Waals surface area contributed by atoms with Gasteiger partial charge in [0.15, 0.2) is 0 Å². The Hall–Kier alpha value is -3.47. The van der Waals surface area contributed by atoms with Gasteiger partial charge in [-0.15, -0.1) is 0 Å². The Labute approximate surface area is 263 Å². The maximum atomic E-state index is 14.7. The van der Waals surface area contributed by atoms with Crippen molar-refractivity contribution in [3.63, 3.8) is 0 Å². The summed E-state index contributed by atoms with van der Waals surface area (Å²) in [5.41, 5.74) is 1.27. The molecule has 8 rings (SSSR count). The van der Waals surface area contributed by atoms with Crippen LogP contribution in [0.2, 0.25) is 0 Å². The van der Waals surface area contributed by atoms with Gasteiger partial charge in [0, 0.05) is 36.4 Å². The molecule has 1 atom stereocenters. The minimum absolute atomic E-state index is 0.119. The van der Waals surface area contributed by atoms with Crippen LogP contribution in [0.4, 0.5) is 15.8 Å². The minimum Gasteiger partial charge on any atom is -0.490 e. The van der Waals surface area contributed by atoms with E-state index in [1.165, 1.54) is 12.1 Å². The summed E-state index contributed by atoms with van der Waals surface area (Å²) in [5, 5.41) is 9.69. The smallest absolute Gasteiger partial charge is 0.338 e. The molecule has 0 radical (unpaired) electrons. The highest BCUT2D eigenvalue weighted by molar-refractivity contribution is 7.89. The zero-order valence-electron chi connectivity index (χ0n) is 25.5. The standard InChI is InChI=1S/C35H39FN2O6S/c1-2-38-31(24-9-5-3-6-10-24)20-37(26-11-7-4-8-12-26)30-17-32(43-22-35-18-23(19-35)21-44-35)27(16-33(30)45(38,41)42)25-13-14-29(36)28(15-25)34(39)40/h4,7-8,11-17,23-24,31H,2-3,5-6,9-10,18-22H2,1H3,(H,39,40)/t23?,31-,35?/m0/s1. The molecule has 2 saturated heterocycles. The maximum Gasteiger partial charge on any atom is 0.338 e. The Balaban J connectivity index is 1.42. The molecule has 2 bridgehead atoms. The molecule has 4 fully saturated rings. The number of carboxylic acid groups (broad SMARTS) is 1. The number of nitrogens with zero attached hydrogens (tertiary/aromatic N) is 2. The number of benzene rings is 3. The van der Waals surface area contributed by atoms with Crippen LogP contribution in [-0.4, -0.2) is 61.7 Å². The van der Waals surface area contributed by atoms with Gasteiger partial charge in [0.05, 0.1) is 17.9 Å². The third-order valence-corrected chi connectivity index (χ3v) is 12.2. The number of para-hydroxylation sites is 1. The van der Waals surface area contributed by atoms with Crippen LogP contribution in [0.25, 0.3) is 11.1 Å². The first-order chi connectivity index (χ1) is 21.7. The van der Waals surface area contributed by atoms with Gasteiger partial charge in [0.25, 0.3) is 0 Å². The monoisotopic (exact) mass is 634 g/mol. The van der Waals surface area contributed by atoms with Crippen LogP contribution in [0.3, 0.4) is 0 Å². The Morgan fingerprint density at radius 1 is 1.07 bits per heavy atom. The van der Waals surface area contributed by atoms with Crippen molar-refractivity contribution >= 4 is 27.4 Å². The Bertz CT molecular complexity index is 1700. The highest BCUT2D eigenvalue weighted by atomic mass is 32.2. The molecular weight excluding hydrogens is 595 g/mol. The van der Waals surface area contributed by atoms with E-state index in [9.17, 15) is 22.7 Å². The highest BCUT2D eigenvalue weighted by Gasteiger charge is 2.53. The fourth-order valence-electron chi connectivity index (χ4n) is 7.90. The van der Waals surface area contributed by atoms with Crippen LogP contribution < -0.4 is 9.64 Å². The number of likely N-dealkylation sites (N-methyl/N-ethyl adjacent to an activating group) is 1.